The van der Waals surface area contributed by atoms with E-state index in [-0.39, 0.29) is 11.2 Å². The highest BCUT2D eigenvalue weighted by atomic mass is 32.2. The zero-order chi connectivity index (χ0) is 15.4. The minimum absolute atomic E-state index is 0.0444. The van der Waals surface area contributed by atoms with E-state index in [1.807, 2.05) is 58.0 Å². The number of nitrogens with one attached hydrogen (secondary N) is 1. The molecule has 0 fully saturated rings. The van der Waals surface area contributed by atoms with Crippen LogP contribution in [0.25, 0.3) is 0 Å². The van der Waals surface area contributed by atoms with Gasteiger partial charge in [-0.1, -0.05) is 30.0 Å². The van der Waals surface area contributed by atoms with Crippen LogP contribution in [0.1, 0.15) is 23.9 Å². The zero-order valence-corrected chi connectivity index (χ0v) is 13.5. The standard InChI is InChI=1S/C16H19N3OS/c1-10-7-5-6-8-14(10)19-15(20)13(4)21-16-17-11(2)9-12(3)18-16/h5-9,13H,1-4H3,(H,19,20). The normalized spacial score (nSPS) is 12.0. The Kier molecular flexibility index (Phi) is 4.96. The first-order valence-electron chi connectivity index (χ1n) is 6.81. The summed E-state index contributed by atoms with van der Waals surface area (Å²) in [7, 11) is 0. The average Bonchev–Trinajstić information content (AvgIpc) is 2.40. The largest absolute Gasteiger partial charge is 0.325 e. The summed E-state index contributed by atoms with van der Waals surface area (Å²) >= 11 is 1.37. The van der Waals surface area contributed by atoms with E-state index in [1.165, 1.54) is 11.8 Å². The fraction of sp³-hybridized carbons (Fsp3) is 0.312. The van der Waals surface area contributed by atoms with Crippen molar-refractivity contribution in [2.45, 2.75) is 38.1 Å². The van der Waals surface area contributed by atoms with Gasteiger partial charge in [0.15, 0.2) is 5.16 Å². The number of anilines is 1. The Bertz CT molecular complexity index is 637. The quantitative estimate of drug-likeness (QED) is 0.693. The van der Waals surface area contributed by atoms with Crippen molar-refractivity contribution in [3.8, 4) is 0 Å². The number of amides is 1. The highest BCUT2D eigenvalue weighted by Gasteiger charge is 2.17. The van der Waals surface area contributed by atoms with E-state index in [4.69, 9.17) is 0 Å². The first-order chi connectivity index (χ1) is 9.95. The van der Waals surface area contributed by atoms with E-state index in [0.717, 1.165) is 22.6 Å². The molecule has 1 amide bonds. The van der Waals surface area contributed by atoms with Gasteiger partial charge in [-0.15, -0.1) is 0 Å². The maximum atomic E-state index is 12.3. The Morgan fingerprint density at radius 1 is 1.14 bits per heavy atom. The number of rotatable bonds is 4. The highest BCUT2D eigenvalue weighted by molar-refractivity contribution is 8.00. The summed E-state index contributed by atoms with van der Waals surface area (Å²) in [5, 5.41) is 3.32. The van der Waals surface area contributed by atoms with Crippen LogP contribution in [0.2, 0.25) is 0 Å². The van der Waals surface area contributed by atoms with E-state index in [2.05, 4.69) is 15.3 Å². The highest BCUT2D eigenvalue weighted by Crippen LogP contribution is 2.22. The molecule has 0 aliphatic heterocycles. The van der Waals surface area contributed by atoms with Gasteiger partial charge in [0.2, 0.25) is 5.91 Å². The Hall–Kier alpha value is -1.88. The predicted octanol–water partition coefficient (Wildman–Crippen LogP) is 3.52. The Balaban J connectivity index is 2.04. The van der Waals surface area contributed by atoms with E-state index in [1.54, 1.807) is 0 Å². The Labute approximate surface area is 129 Å². The van der Waals surface area contributed by atoms with E-state index in [9.17, 15) is 4.79 Å². The molecule has 4 nitrogen and oxygen atoms in total. The van der Waals surface area contributed by atoms with Crippen molar-refractivity contribution in [3.63, 3.8) is 0 Å². The number of hydrogen-bond donors (Lipinski definition) is 1. The molecule has 2 aromatic rings. The molecular formula is C16H19N3OS. The van der Waals surface area contributed by atoms with Crippen LogP contribution in [-0.4, -0.2) is 21.1 Å². The van der Waals surface area contributed by atoms with Crippen LogP contribution in [0.3, 0.4) is 0 Å². The molecule has 5 heteroatoms. The number of hydrogen-bond acceptors (Lipinski definition) is 4. The van der Waals surface area contributed by atoms with Gasteiger partial charge in [-0.25, -0.2) is 9.97 Å². The molecular weight excluding hydrogens is 282 g/mol. The van der Waals surface area contributed by atoms with Crippen LogP contribution in [-0.2, 0) is 4.79 Å². The second-order valence-electron chi connectivity index (χ2n) is 5.00. The minimum Gasteiger partial charge on any atom is -0.325 e. The lowest BCUT2D eigenvalue weighted by molar-refractivity contribution is -0.115. The lowest BCUT2D eigenvalue weighted by atomic mass is 10.2. The SMILES string of the molecule is Cc1cc(C)nc(SC(C)C(=O)Nc2ccccc2C)n1. The lowest BCUT2D eigenvalue weighted by Gasteiger charge is -2.13. The molecule has 0 saturated heterocycles. The monoisotopic (exact) mass is 301 g/mol. The van der Waals surface area contributed by atoms with Crippen molar-refractivity contribution in [2.24, 2.45) is 0 Å². The van der Waals surface area contributed by atoms with Gasteiger partial charge in [0.1, 0.15) is 0 Å². The van der Waals surface area contributed by atoms with Crippen LogP contribution in [0.15, 0.2) is 35.5 Å². The molecule has 1 atom stereocenters. The molecule has 0 spiro atoms. The predicted molar refractivity (Wildman–Crippen MR) is 86.6 cm³/mol. The number of benzene rings is 1. The number of para-hydroxylation sites is 1. The number of thioether (sulfide) groups is 1. The summed E-state index contributed by atoms with van der Waals surface area (Å²) in [6.07, 6.45) is 0. The van der Waals surface area contributed by atoms with Gasteiger partial charge in [0.05, 0.1) is 5.25 Å². The zero-order valence-electron chi connectivity index (χ0n) is 12.7. The summed E-state index contributed by atoms with van der Waals surface area (Å²) in [6, 6.07) is 9.65. The molecule has 0 aliphatic carbocycles. The van der Waals surface area contributed by atoms with Gasteiger partial charge >= 0.3 is 0 Å². The van der Waals surface area contributed by atoms with Crippen molar-refractivity contribution in [1.82, 2.24) is 9.97 Å². The summed E-state index contributed by atoms with van der Waals surface area (Å²) < 4.78 is 0. The molecule has 0 aliphatic rings. The molecule has 21 heavy (non-hydrogen) atoms. The maximum absolute atomic E-state index is 12.3. The number of aryl methyl sites for hydroxylation is 3. The van der Waals surface area contributed by atoms with Crippen LogP contribution in [0, 0.1) is 20.8 Å². The summed E-state index contributed by atoms with van der Waals surface area (Å²) in [5.41, 5.74) is 3.72. The van der Waals surface area contributed by atoms with Gasteiger partial charge < -0.3 is 5.32 Å². The molecule has 1 heterocycles. The van der Waals surface area contributed by atoms with Gasteiger partial charge in [-0.3, -0.25) is 4.79 Å². The van der Waals surface area contributed by atoms with Crippen LogP contribution in [0.5, 0.6) is 0 Å². The summed E-state index contributed by atoms with van der Waals surface area (Å²) in [5.74, 6) is -0.0444. The molecule has 0 saturated carbocycles. The number of nitrogens with zero attached hydrogens (tertiary/aromatic N) is 2. The van der Waals surface area contributed by atoms with Gasteiger partial charge in [0, 0.05) is 17.1 Å². The van der Waals surface area contributed by atoms with Crippen LogP contribution >= 0.6 is 11.8 Å². The van der Waals surface area contributed by atoms with E-state index >= 15 is 0 Å². The molecule has 1 unspecified atom stereocenters. The second kappa shape index (κ2) is 6.72. The van der Waals surface area contributed by atoms with Crippen molar-refractivity contribution in [3.05, 3.63) is 47.3 Å². The third kappa shape index (κ3) is 4.29. The summed E-state index contributed by atoms with van der Waals surface area (Å²) in [4.78, 5) is 21.0. The minimum atomic E-state index is -0.259. The van der Waals surface area contributed by atoms with Crippen LogP contribution < -0.4 is 5.32 Å². The van der Waals surface area contributed by atoms with Crippen molar-refractivity contribution in [1.29, 1.82) is 0 Å². The van der Waals surface area contributed by atoms with Gasteiger partial charge in [0.25, 0.3) is 0 Å². The molecule has 0 radical (unpaired) electrons. The fourth-order valence-corrected chi connectivity index (χ4v) is 2.78. The number of carbonyl (C=O) groups is 1. The van der Waals surface area contributed by atoms with Crippen molar-refractivity contribution < 1.29 is 4.79 Å². The number of aromatic nitrogens is 2. The van der Waals surface area contributed by atoms with Crippen molar-refractivity contribution in [2.75, 3.05) is 5.32 Å². The third-order valence-electron chi connectivity index (χ3n) is 3.02. The van der Waals surface area contributed by atoms with Gasteiger partial charge in [-0.2, -0.15) is 0 Å². The maximum Gasteiger partial charge on any atom is 0.237 e. The Morgan fingerprint density at radius 3 is 2.38 bits per heavy atom. The average molecular weight is 301 g/mol. The second-order valence-corrected chi connectivity index (χ2v) is 6.31. The molecule has 110 valence electrons. The topological polar surface area (TPSA) is 54.9 Å². The Morgan fingerprint density at radius 2 is 1.76 bits per heavy atom. The molecule has 2 rings (SSSR count). The molecule has 1 aromatic carbocycles. The van der Waals surface area contributed by atoms with Crippen LogP contribution in [0.4, 0.5) is 5.69 Å². The lowest BCUT2D eigenvalue weighted by Crippen LogP contribution is -2.23. The van der Waals surface area contributed by atoms with E-state index < -0.39 is 0 Å². The first-order valence-corrected chi connectivity index (χ1v) is 7.69. The molecule has 0 bridgehead atoms. The third-order valence-corrected chi connectivity index (χ3v) is 3.98. The number of carbonyl (C=O) groups excluding carboxylic acids is 1. The van der Waals surface area contributed by atoms with Gasteiger partial charge in [-0.05, 0) is 45.4 Å². The first kappa shape index (κ1) is 15.5. The smallest absolute Gasteiger partial charge is 0.237 e. The molecule has 1 N–H and O–H groups in total. The van der Waals surface area contributed by atoms with E-state index in [0.29, 0.717) is 5.16 Å². The molecule has 1 aromatic heterocycles. The van der Waals surface area contributed by atoms with Crippen molar-refractivity contribution >= 4 is 23.4 Å². The fourth-order valence-electron chi connectivity index (χ4n) is 1.91. The summed E-state index contributed by atoms with van der Waals surface area (Å²) in [6.45, 7) is 7.69.